The highest BCUT2D eigenvalue weighted by Crippen LogP contribution is 2.44. The predicted octanol–water partition coefficient (Wildman–Crippen LogP) is 2.45. The molecule has 0 saturated heterocycles. The average Bonchev–Trinajstić information content (AvgIpc) is 2.52. The molecule has 6 nitrogen and oxygen atoms in total. The van der Waals surface area contributed by atoms with E-state index in [0.29, 0.717) is 13.3 Å². The van der Waals surface area contributed by atoms with Gasteiger partial charge in [-0.25, -0.2) is 9.97 Å². The summed E-state index contributed by atoms with van der Waals surface area (Å²) in [6.45, 7) is 0.994. The second-order valence-corrected chi connectivity index (χ2v) is 4.86. The number of rotatable bonds is 4. The molecule has 0 spiro atoms. The number of nitrogens with zero attached hydrogens (tertiary/aromatic N) is 4. The second-order valence-electron chi connectivity index (χ2n) is 4.86. The van der Waals surface area contributed by atoms with Gasteiger partial charge in [-0.15, -0.1) is 0 Å². The van der Waals surface area contributed by atoms with Crippen LogP contribution in [0.15, 0.2) is 30.6 Å². The van der Waals surface area contributed by atoms with Gasteiger partial charge in [-0.3, -0.25) is 4.90 Å². The number of ether oxygens (including phenoxy) is 2. The van der Waals surface area contributed by atoms with E-state index in [1.54, 1.807) is 26.6 Å². The van der Waals surface area contributed by atoms with Crippen LogP contribution in [0.4, 0.5) is 23.0 Å². The summed E-state index contributed by atoms with van der Waals surface area (Å²) in [5.74, 6) is 1.62. The Labute approximate surface area is 123 Å². The van der Waals surface area contributed by atoms with Gasteiger partial charge in [0, 0.05) is 33.7 Å². The summed E-state index contributed by atoms with van der Waals surface area (Å²) in [5, 5.41) is 0. The van der Waals surface area contributed by atoms with Crippen LogP contribution in [-0.4, -0.2) is 38.0 Å². The first-order valence-electron chi connectivity index (χ1n) is 6.69. The molecule has 1 aromatic heterocycles. The molecule has 0 amide bonds. The van der Waals surface area contributed by atoms with Gasteiger partial charge in [0.25, 0.3) is 0 Å². The van der Waals surface area contributed by atoms with Gasteiger partial charge >= 0.3 is 0 Å². The number of anilines is 4. The molecule has 0 radical (unpaired) electrons. The molecule has 3 rings (SSSR count). The van der Waals surface area contributed by atoms with E-state index in [2.05, 4.69) is 28.2 Å². The van der Waals surface area contributed by atoms with Crippen molar-refractivity contribution >= 4 is 23.0 Å². The fourth-order valence-corrected chi connectivity index (χ4v) is 2.56. The van der Waals surface area contributed by atoms with Crippen molar-refractivity contribution in [3.8, 4) is 0 Å². The van der Waals surface area contributed by atoms with Crippen molar-refractivity contribution in [3.05, 3.63) is 36.2 Å². The van der Waals surface area contributed by atoms with Gasteiger partial charge in [0.05, 0.1) is 18.0 Å². The van der Waals surface area contributed by atoms with E-state index in [-0.39, 0.29) is 0 Å². The van der Waals surface area contributed by atoms with Crippen LogP contribution in [0.3, 0.4) is 0 Å². The third-order valence-electron chi connectivity index (χ3n) is 3.49. The topological polar surface area (TPSA) is 50.7 Å². The van der Waals surface area contributed by atoms with Crippen LogP contribution in [0.5, 0.6) is 0 Å². The Bertz CT molecular complexity index is 647. The van der Waals surface area contributed by atoms with Crippen molar-refractivity contribution < 1.29 is 9.47 Å². The molecule has 1 aromatic carbocycles. The molecule has 1 aliphatic rings. The molecule has 21 heavy (non-hydrogen) atoms. The molecule has 6 heteroatoms. The Morgan fingerprint density at radius 1 is 1.00 bits per heavy atom. The fourth-order valence-electron chi connectivity index (χ4n) is 2.56. The summed E-state index contributed by atoms with van der Waals surface area (Å²) in [6, 6.07) is 6.24. The molecule has 0 fully saturated rings. The molecule has 2 aromatic rings. The van der Waals surface area contributed by atoms with E-state index in [1.807, 2.05) is 16.8 Å². The van der Waals surface area contributed by atoms with Crippen molar-refractivity contribution in [2.75, 3.05) is 37.8 Å². The summed E-state index contributed by atoms with van der Waals surface area (Å²) in [4.78, 5) is 13.0. The molecule has 110 valence electrons. The maximum Gasteiger partial charge on any atom is 0.178 e. The number of hydrogen-bond donors (Lipinski definition) is 0. The van der Waals surface area contributed by atoms with E-state index in [1.165, 1.54) is 0 Å². The highest BCUT2D eigenvalue weighted by molar-refractivity contribution is 5.89. The third kappa shape index (κ3) is 2.32. The first-order valence-corrected chi connectivity index (χ1v) is 6.69. The molecular formula is C15H18N4O2. The maximum absolute atomic E-state index is 5.34. The van der Waals surface area contributed by atoms with Crippen LogP contribution in [-0.2, 0) is 16.1 Å². The summed E-state index contributed by atoms with van der Waals surface area (Å²) >= 11 is 0. The number of methoxy groups -OCH3 is 2. The number of aromatic nitrogens is 2. The molecular weight excluding hydrogens is 268 g/mol. The molecule has 0 N–H and O–H groups in total. The quantitative estimate of drug-likeness (QED) is 0.860. The van der Waals surface area contributed by atoms with Gasteiger partial charge in [0.1, 0.15) is 6.73 Å². The molecule has 0 atom stereocenters. The zero-order valence-corrected chi connectivity index (χ0v) is 12.4. The fraction of sp³-hybridized carbons (Fsp3) is 0.333. The lowest BCUT2D eigenvalue weighted by Crippen LogP contribution is -2.30. The first kappa shape index (κ1) is 13.8. The van der Waals surface area contributed by atoms with Crippen LogP contribution in [0.25, 0.3) is 0 Å². The van der Waals surface area contributed by atoms with Crippen molar-refractivity contribution in [2.45, 2.75) is 6.61 Å². The molecule has 0 unspecified atom stereocenters. The van der Waals surface area contributed by atoms with E-state index in [0.717, 1.165) is 28.6 Å². The lowest BCUT2D eigenvalue weighted by atomic mass is 10.1. The van der Waals surface area contributed by atoms with Crippen LogP contribution >= 0.6 is 0 Å². The van der Waals surface area contributed by atoms with E-state index < -0.39 is 0 Å². The third-order valence-corrected chi connectivity index (χ3v) is 3.49. The Morgan fingerprint density at radius 3 is 2.48 bits per heavy atom. The lowest BCUT2D eigenvalue weighted by Gasteiger charge is -2.36. The second kappa shape index (κ2) is 5.67. The first-order chi connectivity index (χ1) is 10.3. The summed E-state index contributed by atoms with van der Waals surface area (Å²) in [5.41, 5.74) is 3.22. The summed E-state index contributed by atoms with van der Waals surface area (Å²) < 4.78 is 10.6. The minimum Gasteiger partial charge on any atom is -0.380 e. The van der Waals surface area contributed by atoms with E-state index in [9.17, 15) is 0 Å². The monoisotopic (exact) mass is 286 g/mol. The van der Waals surface area contributed by atoms with Crippen molar-refractivity contribution in [3.63, 3.8) is 0 Å². The lowest BCUT2D eigenvalue weighted by molar-refractivity contribution is 0.185. The van der Waals surface area contributed by atoms with Gasteiger partial charge < -0.3 is 14.4 Å². The number of fused-ring (bicyclic) bond motifs is 2. The molecule has 0 bridgehead atoms. The highest BCUT2D eigenvalue weighted by atomic mass is 16.5. The smallest absolute Gasteiger partial charge is 0.178 e. The molecule has 1 aliphatic heterocycles. The molecule has 0 aliphatic carbocycles. The number of hydrogen-bond acceptors (Lipinski definition) is 6. The SMILES string of the molecule is COCc1ccc2c(c1)N(COC)c1nccnc1N2C. The standard InChI is InChI=1S/C15H18N4O2/c1-18-12-5-4-11(9-20-2)8-13(12)19(10-21-3)15-14(18)16-6-7-17-15/h4-8H,9-10H2,1-3H3. The van der Waals surface area contributed by atoms with Gasteiger partial charge in [-0.2, -0.15) is 0 Å². The largest absolute Gasteiger partial charge is 0.380 e. The van der Waals surface area contributed by atoms with E-state index in [4.69, 9.17) is 9.47 Å². The number of benzene rings is 1. The highest BCUT2D eigenvalue weighted by Gasteiger charge is 2.28. The maximum atomic E-state index is 5.34. The van der Waals surface area contributed by atoms with Crippen LogP contribution in [0.1, 0.15) is 5.56 Å². The Balaban J connectivity index is 2.13. The summed E-state index contributed by atoms with van der Waals surface area (Å²) in [6.07, 6.45) is 3.39. The Hall–Kier alpha value is -2.18. The van der Waals surface area contributed by atoms with Gasteiger partial charge in [-0.05, 0) is 17.7 Å². The minimum atomic E-state index is 0.420. The predicted molar refractivity (Wildman–Crippen MR) is 81.3 cm³/mol. The minimum absolute atomic E-state index is 0.420. The Kier molecular flexibility index (Phi) is 3.72. The Morgan fingerprint density at radius 2 is 1.76 bits per heavy atom. The zero-order chi connectivity index (χ0) is 14.8. The van der Waals surface area contributed by atoms with Gasteiger partial charge in [0.2, 0.25) is 0 Å². The summed E-state index contributed by atoms with van der Waals surface area (Å²) in [7, 11) is 5.36. The van der Waals surface area contributed by atoms with Crippen molar-refractivity contribution in [2.24, 2.45) is 0 Å². The van der Waals surface area contributed by atoms with Crippen LogP contribution in [0.2, 0.25) is 0 Å². The van der Waals surface area contributed by atoms with Crippen molar-refractivity contribution in [1.82, 2.24) is 9.97 Å². The van der Waals surface area contributed by atoms with Gasteiger partial charge in [-0.1, -0.05) is 6.07 Å². The van der Waals surface area contributed by atoms with Crippen LogP contribution in [0, 0.1) is 0 Å². The normalized spacial score (nSPS) is 13.1. The average molecular weight is 286 g/mol. The molecule has 0 saturated carbocycles. The van der Waals surface area contributed by atoms with Gasteiger partial charge in [0.15, 0.2) is 11.6 Å². The van der Waals surface area contributed by atoms with Crippen LogP contribution < -0.4 is 9.80 Å². The van der Waals surface area contributed by atoms with Crippen molar-refractivity contribution in [1.29, 1.82) is 0 Å². The van der Waals surface area contributed by atoms with E-state index >= 15 is 0 Å². The zero-order valence-electron chi connectivity index (χ0n) is 12.4. The molecule has 2 heterocycles.